The average Bonchev–Trinajstić information content (AvgIpc) is 2.48. The van der Waals surface area contributed by atoms with Crippen molar-refractivity contribution in [2.24, 2.45) is 0 Å². The molecule has 1 N–H and O–H groups in total. The Hall–Kier alpha value is -1.94. The van der Waals surface area contributed by atoms with Crippen LogP contribution in [0.25, 0.3) is 0 Å². The summed E-state index contributed by atoms with van der Waals surface area (Å²) in [4.78, 5) is 4.45. The Balaban J connectivity index is 2.24. The second kappa shape index (κ2) is 7.74. The number of aryl methyl sites for hydroxylation is 1. The number of rotatable bonds is 7. The maximum absolute atomic E-state index is 13.7. The molecule has 0 amide bonds. The second-order valence-corrected chi connectivity index (χ2v) is 4.87. The van der Waals surface area contributed by atoms with E-state index in [4.69, 9.17) is 4.74 Å². The van der Waals surface area contributed by atoms with Crippen molar-refractivity contribution in [1.82, 2.24) is 10.3 Å². The van der Waals surface area contributed by atoms with Crippen LogP contribution in [-0.2, 0) is 13.0 Å². The van der Waals surface area contributed by atoms with Gasteiger partial charge in [0.05, 0.1) is 0 Å². The molecule has 0 unspecified atom stereocenters. The molecule has 0 atom stereocenters. The Morgan fingerprint density at radius 3 is 2.71 bits per heavy atom. The first kappa shape index (κ1) is 15.4. The van der Waals surface area contributed by atoms with Crippen molar-refractivity contribution in [1.29, 1.82) is 0 Å². The minimum absolute atomic E-state index is 0.202. The van der Waals surface area contributed by atoms with E-state index in [2.05, 4.69) is 30.2 Å². The molecular formula is C17H21FN2O. The van der Waals surface area contributed by atoms with E-state index in [1.54, 1.807) is 18.2 Å². The summed E-state index contributed by atoms with van der Waals surface area (Å²) in [5, 5.41) is 3.28. The average molecular weight is 288 g/mol. The normalized spacial score (nSPS) is 10.6. The van der Waals surface area contributed by atoms with Crippen molar-refractivity contribution in [2.45, 2.75) is 33.2 Å². The highest BCUT2D eigenvalue weighted by atomic mass is 19.1. The number of nitrogens with one attached hydrogen (secondary N) is 1. The molecule has 0 saturated heterocycles. The molecular weight excluding hydrogens is 267 g/mol. The van der Waals surface area contributed by atoms with Gasteiger partial charge in [-0.2, -0.15) is 0 Å². The predicted octanol–water partition coefficient (Wildman–Crippen LogP) is 4.08. The Morgan fingerprint density at radius 2 is 2.00 bits per heavy atom. The number of benzene rings is 1. The van der Waals surface area contributed by atoms with Crippen molar-refractivity contribution < 1.29 is 9.13 Å². The number of aromatic nitrogens is 1. The summed E-state index contributed by atoms with van der Waals surface area (Å²) in [5.41, 5.74) is 2.07. The third kappa shape index (κ3) is 4.53. The summed E-state index contributed by atoms with van der Waals surface area (Å²) >= 11 is 0. The highest BCUT2D eigenvalue weighted by molar-refractivity contribution is 5.31. The Labute approximate surface area is 125 Å². The fourth-order valence-corrected chi connectivity index (χ4v) is 2.07. The van der Waals surface area contributed by atoms with Crippen LogP contribution < -0.4 is 10.1 Å². The Bertz CT molecular complexity index is 587. The number of nitrogens with zero attached hydrogens (tertiary/aromatic N) is 1. The van der Waals surface area contributed by atoms with Gasteiger partial charge in [0.15, 0.2) is 11.6 Å². The molecule has 0 radical (unpaired) electrons. The summed E-state index contributed by atoms with van der Waals surface area (Å²) in [6.45, 7) is 5.82. The van der Waals surface area contributed by atoms with Gasteiger partial charge in [-0.05, 0) is 36.7 Å². The van der Waals surface area contributed by atoms with Crippen molar-refractivity contribution in [3.05, 3.63) is 53.5 Å². The number of hydrogen-bond acceptors (Lipinski definition) is 3. The molecule has 112 valence electrons. The number of pyridine rings is 1. The van der Waals surface area contributed by atoms with Crippen molar-refractivity contribution in [2.75, 3.05) is 6.54 Å². The van der Waals surface area contributed by atoms with Crippen molar-refractivity contribution >= 4 is 0 Å². The van der Waals surface area contributed by atoms with Crippen LogP contribution in [0, 0.1) is 5.82 Å². The molecule has 21 heavy (non-hydrogen) atoms. The zero-order chi connectivity index (χ0) is 15.1. The molecule has 0 aliphatic carbocycles. The summed E-state index contributed by atoms with van der Waals surface area (Å²) < 4.78 is 19.3. The SMILES string of the molecule is CCCc1cc(CNCC)cc(Oc2ccccc2F)n1. The van der Waals surface area contributed by atoms with Gasteiger partial charge in [0, 0.05) is 18.3 Å². The first-order valence-electron chi connectivity index (χ1n) is 7.35. The van der Waals surface area contributed by atoms with Crippen LogP contribution in [0.3, 0.4) is 0 Å². The van der Waals surface area contributed by atoms with Gasteiger partial charge in [0.2, 0.25) is 5.88 Å². The van der Waals surface area contributed by atoms with Crippen LogP contribution in [0.5, 0.6) is 11.6 Å². The summed E-state index contributed by atoms with van der Waals surface area (Å²) in [6.07, 6.45) is 1.89. The van der Waals surface area contributed by atoms with Gasteiger partial charge in [-0.15, -0.1) is 0 Å². The number of para-hydroxylation sites is 1. The monoisotopic (exact) mass is 288 g/mol. The minimum Gasteiger partial charge on any atom is -0.436 e. The third-order valence-electron chi connectivity index (χ3n) is 3.05. The van der Waals surface area contributed by atoms with Gasteiger partial charge in [-0.3, -0.25) is 0 Å². The largest absolute Gasteiger partial charge is 0.436 e. The molecule has 1 aromatic heterocycles. The molecule has 4 heteroatoms. The molecule has 0 aliphatic heterocycles. The molecule has 0 aliphatic rings. The number of halogens is 1. The van der Waals surface area contributed by atoms with E-state index in [1.807, 2.05) is 6.07 Å². The summed E-state index contributed by atoms with van der Waals surface area (Å²) in [6, 6.07) is 10.3. The fourth-order valence-electron chi connectivity index (χ4n) is 2.07. The van der Waals surface area contributed by atoms with Gasteiger partial charge in [-0.1, -0.05) is 32.4 Å². The highest BCUT2D eigenvalue weighted by Gasteiger charge is 2.07. The number of ether oxygens (including phenoxy) is 1. The molecule has 0 bridgehead atoms. The molecule has 0 saturated carbocycles. The first-order chi connectivity index (χ1) is 10.2. The standard InChI is InChI=1S/C17H21FN2O/c1-3-7-14-10-13(12-19-4-2)11-17(20-14)21-16-9-6-5-8-15(16)18/h5-6,8-11,19H,3-4,7,12H2,1-2H3. The van der Waals surface area contributed by atoms with Gasteiger partial charge in [0.1, 0.15) is 0 Å². The fraction of sp³-hybridized carbons (Fsp3) is 0.353. The van der Waals surface area contributed by atoms with Crippen LogP contribution in [0.1, 0.15) is 31.5 Å². The van der Waals surface area contributed by atoms with Gasteiger partial charge in [-0.25, -0.2) is 9.37 Å². The maximum Gasteiger partial charge on any atom is 0.219 e. The van der Waals surface area contributed by atoms with Gasteiger partial charge < -0.3 is 10.1 Å². The van der Waals surface area contributed by atoms with E-state index in [0.717, 1.165) is 37.2 Å². The molecule has 2 rings (SSSR count). The Kier molecular flexibility index (Phi) is 5.69. The zero-order valence-corrected chi connectivity index (χ0v) is 12.5. The van der Waals surface area contributed by atoms with Gasteiger partial charge >= 0.3 is 0 Å². The first-order valence-corrected chi connectivity index (χ1v) is 7.35. The quantitative estimate of drug-likeness (QED) is 0.833. The predicted molar refractivity (Wildman–Crippen MR) is 82.1 cm³/mol. The molecule has 0 spiro atoms. The summed E-state index contributed by atoms with van der Waals surface area (Å²) in [7, 11) is 0. The van der Waals surface area contributed by atoms with E-state index in [-0.39, 0.29) is 11.6 Å². The lowest BCUT2D eigenvalue weighted by molar-refractivity contribution is 0.425. The van der Waals surface area contributed by atoms with Crippen LogP contribution in [-0.4, -0.2) is 11.5 Å². The van der Waals surface area contributed by atoms with E-state index in [0.29, 0.717) is 5.88 Å². The second-order valence-electron chi connectivity index (χ2n) is 4.87. The molecule has 1 heterocycles. The van der Waals surface area contributed by atoms with Crippen molar-refractivity contribution in [3.8, 4) is 11.6 Å². The molecule has 2 aromatic rings. The highest BCUT2D eigenvalue weighted by Crippen LogP contribution is 2.24. The van der Waals surface area contributed by atoms with Crippen LogP contribution in [0.2, 0.25) is 0 Å². The molecule has 1 aromatic carbocycles. The maximum atomic E-state index is 13.7. The smallest absolute Gasteiger partial charge is 0.219 e. The Morgan fingerprint density at radius 1 is 1.19 bits per heavy atom. The zero-order valence-electron chi connectivity index (χ0n) is 12.5. The third-order valence-corrected chi connectivity index (χ3v) is 3.05. The van der Waals surface area contributed by atoms with Crippen LogP contribution in [0.4, 0.5) is 4.39 Å². The molecule has 3 nitrogen and oxygen atoms in total. The lowest BCUT2D eigenvalue weighted by Crippen LogP contribution is -2.12. The summed E-state index contributed by atoms with van der Waals surface area (Å²) in [5.74, 6) is 0.264. The van der Waals surface area contributed by atoms with Crippen LogP contribution in [0.15, 0.2) is 36.4 Å². The van der Waals surface area contributed by atoms with E-state index >= 15 is 0 Å². The van der Waals surface area contributed by atoms with Crippen LogP contribution >= 0.6 is 0 Å². The molecule has 0 fully saturated rings. The van der Waals surface area contributed by atoms with E-state index in [9.17, 15) is 4.39 Å². The number of hydrogen-bond donors (Lipinski definition) is 1. The van der Waals surface area contributed by atoms with E-state index in [1.165, 1.54) is 6.07 Å². The van der Waals surface area contributed by atoms with Crippen molar-refractivity contribution in [3.63, 3.8) is 0 Å². The van der Waals surface area contributed by atoms with Gasteiger partial charge in [0.25, 0.3) is 0 Å². The lowest BCUT2D eigenvalue weighted by Gasteiger charge is -2.10. The lowest BCUT2D eigenvalue weighted by atomic mass is 10.1. The minimum atomic E-state index is -0.381. The topological polar surface area (TPSA) is 34.1 Å². The van der Waals surface area contributed by atoms with E-state index < -0.39 is 0 Å².